The quantitative estimate of drug-likeness (QED) is 0.743. The lowest BCUT2D eigenvalue weighted by atomic mass is 9.84. The third-order valence-corrected chi connectivity index (χ3v) is 3.59. The van der Waals surface area contributed by atoms with Gasteiger partial charge in [-0.2, -0.15) is 14.0 Å². The molecule has 2 aromatic rings. The third kappa shape index (κ3) is 4.72. The van der Waals surface area contributed by atoms with E-state index in [0.717, 1.165) is 36.8 Å². The Hall–Kier alpha value is -1.57. The number of hydrogen-bond acceptors (Lipinski definition) is 6. The number of nitrogens with zero attached hydrogens (tertiary/aromatic N) is 1. The molecule has 1 atom stereocenters. The van der Waals surface area contributed by atoms with Crippen molar-refractivity contribution in [1.29, 1.82) is 0 Å². The molecule has 0 spiro atoms. The molecule has 0 bridgehead atoms. The molecule has 0 saturated heterocycles. The number of carbonyl (C=O) groups excluding carboxylic acids is 1. The summed E-state index contributed by atoms with van der Waals surface area (Å²) in [6.45, 7) is 0. The highest BCUT2D eigenvalue weighted by molar-refractivity contribution is 5.92. The number of hydrogen-bond donors (Lipinski definition) is 1. The summed E-state index contributed by atoms with van der Waals surface area (Å²) >= 11 is 0. The standard InChI is InChI=1S/C15H15NO.ClHO4/c17-14-8-4-3-7-13(14)15-12-6-2-1-5-11(12)9-10-16-15;2-1(3,4)5/h1-2,5-6,9-10,13H,3-4,7-8H2;(H,2,3,4,5). The summed E-state index contributed by atoms with van der Waals surface area (Å²) in [4.78, 5) is 16.5. The average molecular weight is 326 g/mol. The topological polar surface area (TPSA) is 119 Å². The number of pyridine rings is 1. The summed E-state index contributed by atoms with van der Waals surface area (Å²) in [5, 5.41) is 2.31. The van der Waals surface area contributed by atoms with E-state index in [1.54, 1.807) is 0 Å². The van der Waals surface area contributed by atoms with Gasteiger partial charge in [-0.1, -0.05) is 30.7 Å². The van der Waals surface area contributed by atoms with E-state index in [1.807, 2.05) is 24.4 Å². The van der Waals surface area contributed by atoms with E-state index in [0.29, 0.717) is 5.78 Å². The van der Waals surface area contributed by atoms with Crippen molar-refractivity contribution in [2.75, 3.05) is 0 Å². The molecule has 1 aromatic heterocycles. The van der Waals surface area contributed by atoms with Gasteiger partial charge >= 0.3 is 0 Å². The minimum atomic E-state index is -4.69. The summed E-state index contributed by atoms with van der Waals surface area (Å²) < 4.78 is 32.7. The number of benzene rings is 1. The Morgan fingerprint density at radius 2 is 1.82 bits per heavy atom. The van der Waals surface area contributed by atoms with Gasteiger partial charge in [0.2, 0.25) is 0 Å². The number of carbonyl (C=O) groups is 1. The largest absolute Gasteiger partial charge is 0.299 e. The second kappa shape index (κ2) is 7.13. The maximum absolute atomic E-state index is 12.0. The van der Waals surface area contributed by atoms with Gasteiger partial charge in [0.05, 0.1) is 26.5 Å². The molecule has 1 aliphatic carbocycles. The maximum atomic E-state index is 12.0. The zero-order valence-corrected chi connectivity index (χ0v) is 12.5. The van der Waals surface area contributed by atoms with Gasteiger partial charge in [-0.15, -0.1) is 0 Å². The zero-order chi connectivity index (χ0) is 16.2. The van der Waals surface area contributed by atoms with Crippen LogP contribution in [0.5, 0.6) is 0 Å². The molecule has 0 amide bonds. The Bertz CT molecular complexity index is 644. The molecule has 1 aromatic carbocycles. The SMILES string of the molecule is O=C1CCCCC1c1nccc2ccccc12.[O-][Cl+3]([O-])([O-])O. The van der Waals surface area contributed by atoms with Crippen LogP contribution in [-0.2, 0) is 4.79 Å². The van der Waals surface area contributed by atoms with Crippen LogP contribution in [-0.4, -0.2) is 15.4 Å². The van der Waals surface area contributed by atoms with Crippen LogP contribution in [0.15, 0.2) is 36.5 Å². The molecule has 1 heterocycles. The van der Waals surface area contributed by atoms with Crippen LogP contribution >= 0.6 is 0 Å². The highest BCUT2D eigenvalue weighted by Crippen LogP contribution is 2.32. The molecule has 6 nitrogen and oxygen atoms in total. The minimum absolute atomic E-state index is 0.0230. The number of halogens is 1. The molecule has 1 aliphatic rings. The van der Waals surface area contributed by atoms with E-state index in [1.165, 1.54) is 5.39 Å². The lowest BCUT2D eigenvalue weighted by Gasteiger charge is -2.21. The molecule has 1 fully saturated rings. The normalized spacial score (nSPS) is 18.7. The molecule has 118 valence electrons. The lowest BCUT2D eigenvalue weighted by molar-refractivity contribution is -1.92. The van der Waals surface area contributed by atoms with E-state index in [-0.39, 0.29) is 5.92 Å². The number of fused-ring (bicyclic) bond motifs is 1. The van der Waals surface area contributed by atoms with Crippen LogP contribution in [0.1, 0.15) is 37.3 Å². The summed E-state index contributed by atoms with van der Waals surface area (Å²) in [6.07, 6.45) is 5.68. The van der Waals surface area contributed by atoms with Crippen molar-refractivity contribution < 1.29 is 33.7 Å². The Morgan fingerprint density at radius 3 is 2.50 bits per heavy atom. The van der Waals surface area contributed by atoms with Crippen LogP contribution in [0.2, 0.25) is 0 Å². The molecule has 0 aliphatic heterocycles. The summed E-state index contributed by atoms with van der Waals surface area (Å²) in [6, 6.07) is 10.2. The lowest BCUT2D eigenvalue weighted by Crippen LogP contribution is -2.58. The zero-order valence-electron chi connectivity index (χ0n) is 11.8. The fourth-order valence-electron chi connectivity index (χ4n) is 2.69. The molecule has 3 rings (SSSR count). The van der Waals surface area contributed by atoms with E-state index in [4.69, 9.17) is 18.6 Å². The number of aromatic nitrogens is 1. The summed E-state index contributed by atoms with van der Waals surface area (Å²) in [5.41, 5.74) is 0.979. The van der Waals surface area contributed by atoms with Crippen LogP contribution in [0.25, 0.3) is 10.8 Å². The molecule has 22 heavy (non-hydrogen) atoms. The number of Topliss-reactive ketones (excluding diaryl/α,β-unsaturated/α-hetero) is 1. The fraction of sp³-hybridized carbons (Fsp3) is 0.333. The Balaban J connectivity index is 0.000000309. The third-order valence-electron chi connectivity index (χ3n) is 3.59. The second-order valence-corrected chi connectivity index (χ2v) is 5.87. The summed E-state index contributed by atoms with van der Waals surface area (Å²) in [5.74, 6) is 0.384. The average Bonchev–Trinajstić information content (AvgIpc) is 2.46. The minimum Gasteiger partial charge on any atom is -0.299 e. The first-order valence-electron chi connectivity index (χ1n) is 6.86. The second-order valence-electron chi connectivity index (χ2n) is 5.08. The first-order chi connectivity index (χ1) is 10.4. The monoisotopic (exact) mass is 325 g/mol. The molecular formula is C15H16ClNO5. The van der Waals surface area contributed by atoms with E-state index in [2.05, 4.69) is 17.1 Å². The Kier molecular flexibility index (Phi) is 5.44. The molecule has 1 saturated carbocycles. The first-order valence-corrected chi connectivity index (χ1v) is 8.12. The summed E-state index contributed by atoms with van der Waals surface area (Å²) in [7, 11) is -4.69. The van der Waals surface area contributed by atoms with Gasteiger partial charge in [-0.05, 0) is 24.3 Å². The molecule has 1 N–H and O–H groups in total. The molecule has 7 heteroatoms. The van der Waals surface area contributed by atoms with Crippen LogP contribution < -0.4 is 14.0 Å². The van der Waals surface area contributed by atoms with Crippen LogP contribution in [0.3, 0.4) is 0 Å². The highest BCUT2D eigenvalue weighted by atomic mass is 35.7. The fourth-order valence-corrected chi connectivity index (χ4v) is 2.69. The van der Waals surface area contributed by atoms with Crippen molar-refractivity contribution in [1.82, 2.24) is 4.98 Å². The smallest absolute Gasteiger partial charge is 0.141 e. The molecule has 0 radical (unpaired) electrons. The van der Waals surface area contributed by atoms with Crippen LogP contribution in [0, 0.1) is 10.2 Å². The van der Waals surface area contributed by atoms with Crippen molar-refractivity contribution in [3.8, 4) is 0 Å². The van der Waals surface area contributed by atoms with Crippen LogP contribution in [0.4, 0.5) is 0 Å². The Morgan fingerprint density at radius 1 is 1.14 bits per heavy atom. The maximum Gasteiger partial charge on any atom is 0.141 e. The van der Waals surface area contributed by atoms with Crippen molar-refractivity contribution >= 4 is 16.6 Å². The van der Waals surface area contributed by atoms with Gasteiger partial charge in [0.25, 0.3) is 0 Å². The molecule has 1 unspecified atom stereocenters. The highest BCUT2D eigenvalue weighted by Gasteiger charge is 2.26. The predicted octanol–water partition coefficient (Wildman–Crippen LogP) is -0.663. The van der Waals surface area contributed by atoms with Gasteiger partial charge in [0.15, 0.2) is 0 Å². The van der Waals surface area contributed by atoms with Gasteiger partial charge in [0, 0.05) is 18.0 Å². The van der Waals surface area contributed by atoms with Gasteiger partial charge in [-0.25, -0.2) is 0 Å². The molecular weight excluding hydrogens is 310 g/mol. The van der Waals surface area contributed by atoms with Gasteiger partial charge in [-0.3, -0.25) is 9.78 Å². The van der Waals surface area contributed by atoms with Gasteiger partial charge in [0.1, 0.15) is 5.78 Å². The van der Waals surface area contributed by atoms with E-state index in [9.17, 15) is 4.79 Å². The van der Waals surface area contributed by atoms with E-state index >= 15 is 0 Å². The first kappa shape index (κ1) is 16.8. The number of ketones is 1. The van der Waals surface area contributed by atoms with Crippen molar-refractivity contribution in [2.45, 2.75) is 31.6 Å². The van der Waals surface area contributed by atoms with Crippen molar-refractivity contribution in [3.63, 3.8) is 0 Å². The van der Waals surface area contributed by atoms with Crippen molar-refractivity contribution in [2.24, 2.45) is 0 Å². The van der Waals surface area contributed by atoms with Crippen molar-refractivity contribution in [3.05, 3.63) is 42.2 Å². The predicted molar refractivity (Wildman–Crippen MR) is 70.2 cm³/mol. The number of rotatable bonds is 1. The van der Waals surface area contributed by atoms with E-state index < -0.39 is 10.2 Å². The Labute approximate surface area is 129 Å². The van der Waals surface area contributed by atoms with Gasteiger partial charge < -0.3 is 0 Å².